The Morgan fingerprint density at radius 3 is 2.60 bits per heavy atom. The van der Waals surface area contributed by atoms with Gasteiger partial charge in [-0.3, -0.25) is 9.97 Å². The van der Waals surface area contributed by atoms with Crippen LogP contribution in [0.3, 0.4) is 0 Å². The molecule has 1 aromatic carbocycles. The summed E-state index contributed by atoms with van der Waals surface area (Å²) >= 11 is 0. The molecule has 0 amide bonds. The topological polar surface area (TPSA) is 75.2 Å². The molecule has 1 N–H and O–H groups in total. The lowest BCUT2D eigenvalue weighted by molar-refractivity contribution is 0.330. The molecular weight excluding hydrogens is 403 g/mol. The minimum absolute atomic E-state index is 0.138. The summed E-state index contributed by atoms with van der Waals surface area (Å²) in [5, 5.41) is 5.66. The van der Waals surface area contributed by atoms with Crippen LogP contribution >= 0.6 is 0 Å². The number of aromatic nitrogens is 2. The minimum atomic E-state index is -3.14. The highest BCUT2D eigenvalue weighted by molar-refractivity contribution is 7.89. The molecule has 8 heteroatoms. The predicted molar refractivity (Wildman–Crippen MR) is 117 cm³/mol. The van der Waals surface area contributed by atoms with Gasteiger partial charge in [0.1, 0.15) is 6.67 Å². The van der Waals surface area contributed by atoms with E-state index in [4.69, 9.17) is 0 Å². The molecule has 1 aliphatic heterocycles. The van der Waals surface area contributed by atoms with Crippen molar-refractivity contribution in [2.75, 3.05) is 24.2 Å². The number of anilines is 1. The van der Waals surface area contributed by atoms with Crippen molar-refractivity contribution in [2.24, 2.45) is 0 Å². The van der Waals surface area contributed by atoms with E-state index in [0.717, 1.165) is 40.4 Å². The second-order valence-corrected chi connectivity index (χ2v) is 9.77. The van der Waals surface area contributed by atoms with E-state index in [9.17, 15) is 12.8 Å². The van der Waals surface area contributed by atoms with Crippen molar-refractivity contribution in [3.8, 4) is 11.1 Å². The minimum Gasteiger partial charge on any atom is -0.382 e. The van der Waals surface area contributed by atoms with Crippen molar-refractivity contribution in [1.82, 2.24) is 14.3 Å². The number of sulfonamides is 1. The van der Waals surface area contributed by atoms with E-state index in [1.165, 1.54) is 0 Å². The third kappa shape index (κ3) is 4.29. The van der Waals surface area contributed by atoms with Crippen molar-refractivity contribution < 1.29 is 12.8 Å². The maximum absolute atomic E-state index is 12.8. The number of alkyl halides is 1. The molecule has 3 heterocycles. The number of rotatable bonds is 6. The summed E-state index contributed by atoms with van der Waals surface area (Å²) in [6, 6.07) is 9.85. The first-order chi connectivity index (χ1) is 14.5. The van der Waals surface area contributed by atoms with E-state index >= 15 is 0 Å². The number of fused-ring (bicyclic) bond motifs is 1. The van der Waals surface area contributed by atoms with Crippen LogP contribution in [0.5, 0.6) is 0 Å². The van der Waals surface area contributed by atoms with Crippen LogP contribution in [0, 0.1) is 0 Å². The summed E-state index contributed by atoms with van der Waals surface area (Å²) in [6.45, 7) is 2.15. The summed E-state index contributed by atoms with van der Waals surface area (Å²) in [6.07, 6.45) is 6.78. The maximum atomic E-state index is 12.8. The molecule has 0 radical (unpaired) electrons. The van der Waals surface area contributed by atoms with Crippen molar-refractivity contribution in [3.63, 3.8) is 0 Å². The van der Waals surface area contributed by atoms with Crippen LogP contribution in [0.15, 0.2) is 48.9 Å². The number of piperidine rings is 1. The molecule has 0 bridgehead atoms. The number of nitrogens with one attached hydrogen (secondary N) is 1. The number of benzene rings is 1. The molecule has 1 fully saturated rings. The second-order valence-electron chi connectivity index (χ2n) is 7.51. The molecule has 30 heavy (non-hydrogen) atoms. The first-order valence-corrected chi connectivity index (χ1v) is 11.7. The fourth-order valence-electron chi connectivity index (χ4n) is 3.84. The van der Waals surface area contributed by atoms with Crippen LogP contribution in [-0.4, -0.2) is 47.6 Å². The Bertz CT molecular complexity index is 1130. The van der Waals surface area contributed by atoms with Gasteiger partial charge in [0, 0.05) is 54.4 Å². The molecule has 0 unspecified atom stereocenters. The molecule has 6 nitrogen and oxygen atoms in total. The predicted octanol–water partition coefficient (Wildman–Crippen LogP) is 3.99. The van der Waals surface area contributed by atoms with Gasteiger partial charge < -0.3 is 5.32 Å². The Morgan fingerprint density at radius 2 is 1.93 bits per heavy atom. The molecule has 4 rings (SSSR count). The highest BCUT2D eigenvalue weighted by Gasteiger charge is 2.26. The summed E-state index contributed by atoms with van der Waals surface area (Å²) in [7, 11) is -3.14. The van der Waals surface area contributed by atoms with Crippen LogP contribution in [0.2, 0.25) is 0 Å². The van der Waals surface area contributed by atoms with Crippen molar-refractivity contribution in [2.45, 2.75) is 32.5 Å². The zero-order valence-electron chi connectivity index (χ0n) is 16.9. The molecule has 158 valence electrons. The lowest BCUT2D eigenvalue weighted by Crippen LogP contribution is -2.42. The van der Waals surface area contributed by atoms with E-state index in [2.05, 4.69) is 27.4 Å². The molecule has 1 saturated heterocycles. The Balaban J connectivity index is 1.60. The van der Waals surface area contributed by atoms with Gasteiger partial charge in [-0.15, -0.1) is 0 Å². The Kier molecular flexibility index (Phi) is 5.97. The SMILES string of the molecule is CCS(=O)(=O)N1CCC(Nc2cc(-c3ccc(CF)nc3)cc3ccncc23)CC1. The normalized spacial score (nSPS) is 16.1. The number of nitrogens with zero attached hydrogens (tertiary/aromatic N) is 3. The molecule has 1 aliphatic rings. The highest BCUT2D eigenvalue weighted by atomic mass is 32.2. The monoisotopic (exact) mass is 428 g/mol. The van der Waals surface area contributed by atoms with E-state index in [1.54, 1.807) is 29.7 Å². The summed E-state index contributed by atoms with van der Waals surface area (Å²) in [5.41, 5.74) is 3.27. The average molecular weight is 429 g/mol. The zero-order valence-corrected chi connectivity index (χ0v) is 17.7. The van der Waals surface area contributed by atoms with Gasteiger partial charge in [-0.1, -0.05) is 6.07 Å². The van der Waals surface area contributed by atoms with E-state index < -0.39 is 16.7 Å². The number of pyridine rings is 2. The highest BCUT2D eigenvalue weighted by Crippen LogP contribution is 2.32. The number of hydrogen-bond donors (Lipinski definition) is 1. The van der Waals surface area contributed by atoms with Crippen LogP contribution in [-0.2, 0) is 16.7 Å². The van der Waals surface area contributed by atoms with E-state index in [1.807, 2.05) is 18.3 Å². The van der Waals surface area contributed by atoms with Gasteiger partial charge in [-0.25, -0.2) is 17.1 Å². The fraction of sp³-hybridized carbons (Fsp3) is 0.364. The van der Waals surface area contributed by atoms with E-state index in [-0.39, 0.29) is 11.8 Å². The third-order valence-corrected chi connectivity index (χ3v) is 7.50. The summed E-state index contributed by atoms with van der Waals surface area (Å²) < 4.78 is 38.6. The van der Waals surface area contributed by atoms with Gasteiger partial charge in [0.15, 0.2) is 0 Å². The summed E-state index contributed by atoms with van der Waals surface area (Å²) in [5.74, 6) is 0.138. The lowest BCUT2D eigenvalue weighted by Gasteiger charge is -2.32. The molecule has 0 saturated carbocycles. The fourth-order valence-corrected chi connectivity index (χ4v) is 4.97. The standard InChI is InChI=1S/C22H25FN4O2S/c1-2-30(28,29)27-9-6-19(7-10-27)26-22-12-18(11-16-5-8-24-15-21(16)22)17-3-4-20(13-23)25-14-17/h3-5,8,11-12,14-15,19,26H,2,6-7,9-10,13H2,1H3. The molecule has 0 atom stereocenters. The Morgan fingerprint density at radius 1 is 1.13 bits per heavy atom. The van der Waals surface area contributed by atoms with Gasteiger partial charge in [0.05, 0.1) is 11.4 Å². The van der Waals surface area contributed by atoms with Gasteiger partial charge in [-0.2, -0.15) is 0 Å². The molecule has 3 aromatic rings. The lowest BCUT2D eigenvalue weighted by atomic mass is 10.00. The number of halogens is 1. The molecule has 2 aromatic heterocycles. The van der Waals surface area contributed by atoms with Crippen LogP contribution in [0.4, 0.5) is 10.1 Å². The Hall–Kier alpha value is -2.58. The third-order valence-electron chi connectivity index (χ3n) is 5.62. The van der Waals surface area contributed by atoms with Crippen LogP contribution in [0.1, 0.15) is 25.5 Å². The van der Waals surface area contributed by atoms with Crippen molar-refractivity contribution >= 4 is 26.5 Å². The van der Waals surface area contributed by atoms with Gasteiger partial charge >= 0.3 is 0 Å². The zero-order chi connectivity index (χ0) is 21.1. The van der Waals surface area contributed by atoms with Crippen molar-refractivity contribution in [3.05, 3.63) is 54.6 Å². The van der Waals surface area contributed by atoms with Gasteiger partial charge in [-0.05, 0) is 55.0 Å². The first-order valence-electron chi connectivity index (χ1n) is 10.1. The number of hydrogen-bond acceptors (Lipinski definition) is 5. The first kappa shape index (κ1) is 20.7. The second kappa shape index (κ2) is 8.65. The van der Waals surface area contributed by atoms with Crippen LogP contribution < -0.4 is 5.32 Å². The van der Waals surface area contributed by atoms with Crippen molar-refractivity contribution in [1.29, 1.82) is 0 Å². The largest absolute Gasteiger partial charge is 0.382 e. The molecular formula is C22H25FN4O2S. The average Bonchev–Trinajstić information content (AvgIpc) is 2.79. The quantitative estimate of drug-likeness (QED) is 0.643. The molecule has 0 spiro atoms. The van der Waals surface area contributed by atoms with Crippen LogP contribution in [0.25, 0.3) is 21.9 Å². The smallest absolute Gasteiger partial charge is 0.213 e. The van der Waals surface area contributed by atoms with E-state index in [0.29, 0.717) is 18.8 Å². The summed E-state index contributed by atoms with van der Waals surface area (Å²) in [4.78, 5) is 8.43. The van der Waals surface area contributed by atoms with Gasteiger partial charge in [0.25, 0.3) is 0 Å². The van der Waals surface area contributed by atoms with Gasteiger partial charge in [0.2, 0.25) is 10.0 Å². The Labute approximate surface area is 176 Å². The maximum Gasteiger partial charge on any atom is 0.213 e. The molecule has 0 aliphatic carbocycles.